The van der Waals surface area contributed by atoms with E-state index >= 15 is 0 Å². The second kappa shape index (κ2) is 9.56. The molecule has 35 heavy (non-hydrogen) atoms. The Morgan fingerprint density at radius 1 is 1.34 bits per heavy atom. The number of anilines is 1. The minimum absolute atomic E-state index is 0.114. The Hall–Kier alpha value is -3.01. The summed E-state index contributed by atoms with van der Waals surface area (Å²) in [5, 5.41) is 3.73. The van der Waals surface area contributed by atoms with Crippen LogP contribution in [0.4, 0.5) is 5.82 Å². The largest absolute Gasteiger partial charge is 0.493 e. The average molecular weight is 481 g/mol. The standard InChI is InChI=1S/C26H32N4O5/c1-16(32-4)5-8-34-23-12-21(29-25-18(23)6-9-35-26(25)7-10-33-15-26)20-14-30(3)22-13-27-24(11-19(20)22)28-17(2)31/h11-14,16H,5-10,15H2,1-4H3,(H,27,28,31)/t16-,26?/m0/s1. The van der Waals surface area contributed by atoms with Crippen molar-refractivity contribution in [3.05, 3.63) is 35.8 Å². The SMILES string of the molecule is CO[C@@H](C)CCOc1cc(-c2cn(C)c3cnc(NC(C)=O)cc23)nc2c1CCOC21CCOC1. The van der Waals surface area contributed by atoms with Gasteiger partial charge in [0.05, 0.1) is 49.0 Å². The maximum absolute atomic E-state index is 11.6. The summed E-state index contributed by atoms with van der Waals surface area (Å²) in [5.41, 5.74) is 4.13. The van der Waals surface area contributed by atoms with Gasteiger partial charge < -0.3 is 28.8 Å². The number of fused-ring (bicyclic) bond motifs is 3. The van der Waals surface area contributed by atoms with Crippen LogP contribution in [0.2, 0.25) is 0 Å². The molecule has 0 bridgehead atoms. The predicted octanol–water partition coefficient (Wildman–Crippen LogP) is 3.59. The first-order chi connectivity index (χ1) is 16.9. The summed E-state index contributed by atoms with van der Waals surface area (Å²) in [7, 11) is 3.69. The molecule has 9 nitrogen and oxygen atoms in total. The van der Waals surface area contributed by atoms with Gasteiger partial charge in [-0.2, -0.15) is 0 Å². The van der Waals surface area contributed by atoms with Gasteiger partial charge >= 0.3 is 0 Å². The third kappa shape index (κ3) is 4.51. The molecular formula is C26H32N4O5. The van der Waals surface area contributed by atoms with Crippen LogP contribution in [-0.4, -0.2) is 60.1 Å². The molecule has 186 valence electrons. The Labute approximate surface area is 204 Å². The first-order valence-corrected chi connectivity index (χ1v) is 12.0. The van der Waals surface area contributed by atoms with Gasteiger partial charge in [-0.25, -0.2) is 9.97 Å². The molecule has 5 heterocycles. The molecule has 0 aliphatic carbocycles. The minimum Gasteiger partial charge on any atom is -0.493 e. The van der Waals surface area contributed by atoms with Gasteiger partial charge in [-0.15, -0.1) is 0 Å². The fourth-order valence-corrected chi connectivity index (χ4v) is 4.88. The Kier molecular flexibility index (Phi) is 6.48. The first-order valence-electron chi connectivity index (χ1n) is 12.0. The van der Waals surface area contributed by atoms with E-state index in [1.807, 2.05) is 36.9 Å². The molecule has 1 saturated heterocycles. The molecule has 3 aromatic rings. The van der Waals surface area contributed by atoms with Crippen molar-refractivity contribution in [3.8, 4) is 17.0 Å². The number of nitrogens with zero attached hydrogens (tertiary/aromatic N) is 3. The molecule has 0 saturated carbocycles. The number of aryl methyl sites for hydroxylation is 1. The Morgan fingerprint density at radius 3 is 2.94 bits per heavy atom. The van der Waals surface area contributed by atoms with Crippen molar-refractivity contribution in [2.75, 3.05) is 38.9 Å². The van der Waals surface area contributed by atoms with Crippen molar-refractivity contribution < 1.29 is 23.7 Å². The number of carbonyl (C=O) groups is 1. The van der Waals surface area contributed by atoms with E-state index in [0.717, 1.165) is 58.4 Å². The second-order valence-electron chi connectivity index (χ2n) is 9.33. The molecular weight excluding hydrogens is 448 g/mol. The number of hydrogen-bond acceptors (Lipinski definition) is 7. The summed E-state index contributed by atoms with van der Waals surface area (Å²) in [6.07, 6.45) is 6.21. The van der Waals surface area contributed by atoms with Crippen LogP contribution in [0.15, 0.2) is 24.5 Å². The van der Waals surface area contributed by atoms with Gasteiger partial charge in [0.2, 0.25) is 5.91 Å². The van der Waals surface area contributed by atoms with Crippen molar-refractivity contribution >= 4 is 22.6 Å². The van der Waals surface area contributed by atoms with E-state index in [1.165, 1.54) is 6.92 Å². The van der Waals surface area contributed by atoms with Crippen LogP contribution in [0.3, 0.4) is 0 Å². The number of rotatable bonds is 7. The lowest BCUT2D eigenvalue weighted by Gasteiger charge is -2.34. The number of aromatic nitrogens is 3. The number of pyridine rings is 2. The zero-order valence-electron chi connectivity index (χ0n) is 20.7. The molecule has 9 heteroatoms. The van der Waals surface area contributed by atoms with Gasteiger partial charge in [0.15, 0.2) is 0 Å². The highest BCUT2D eigenvalue weighted by Gasteiger charge is 2.44. The summed E-state index contributed by atoms with van der Waals surface area (Å²) in [4.78, 5) is 21.1. The number of nitrogens with one attached hydrogen (secondary N) is 1. The van der Waals surface area contributed by atoms with Gasteiger partial charge in [0.1, 0.15) is 17.2 Å². The van der Waals surface area contributed by atoms with E-state index in [1.54, 1.807) is 13.3 Å². The van der Waals surface area contributed by atoms with Crippen LogP contribution in [0.25, 0.3) is 22.2 Å². The van der Waals surface area contributed by atoms with Crippen molar-refractivity contribution in [3.63, 3.8) is 0 Å². The summed E-state index contributed by atoms with van der Waals surface area (Å²) in [6.45, 7) is 5.80. The number of methoxy groups -OCH3 is 1. The third-order valence-electron chi connectivity index (χ3n) is 6.87. The maximum Gasteiger partial charge on any atom is 0.222 e. The highest BCUT2D eigenvalue weighted by molar-refractivity contribution is 5.98. The van der Waals surface area contributed by atoms with Crippen LogP contribution in [0.1, 0.15) is 37.9 Å². The van der Waals surface area contributed by atoms with E-state index in [4.69, 9.17) is 23.9 Å². The van der Waals surface area contributed by atoms with E-state index in [-0.39, 0.29) is 12.0 Å². The molecule has 2 atom stereocenters. The van der Waals surface area contributed by atoms with Crippen LogP contribution >= 0.6 is 0 Å². The highest BCUT2D eigenvalue weighted by Crippen LogP contribution is 2.44. The van der Waals surface area contributed by atoms with E-state index in [9.17, 15) is 4.79 Å². The lowest BCUT2D eigenvalue weighted by atomic mass is 9.89. The quantitative estimate of drug-likeness (QED) is 0.552. The number of carbonyl (C=O) groups excluding carboxylic acids is 1. The van der Waals surface area contributed by atoms with Crippen molar-refractivity contribution in [2.24, 2.45) is 7.05 Å². The predicted molar refractivity (Wildman–Crippen MR) is 132 cm³/mol. The fraction of sp³-hybridized carbons (Fsp3) is 0.500. The van der Waals surface area contributed by atoms with Gasteiger partial charge in [-0.3, -0.25) is 4.79 Å². The molecule has 2 aliphatic heterocycles. The molecule has 0 aromatic carbocycles. The van der Waals surface area contributed by atoms with E-state index < -0.39 is 5.60 Å². The zero-order chi connectivity index (χ0) is 24.6. The van der Waals surface area contributed by atoms with Crippen LogP contribution in [0, 0.1) is 0 Å². The lowest BCUT2D eigenvalue weighted by molar-refractivity contribution is -0.114. The molecule has 5 rings (SSSR count). The summed E-state index contributed by atoms with van der Waals surface area (Å²) >= 11 is 0. The third-order valence-corrected chi connectivity index (χ3v) is 6.87. The molecule has 1 amide bonds. The molecule has 2 aliphatic rings. The molecule has 1 spiro atoms. The van der Waals surface area contributed by atoms with Gasteiger partial charge in [-0.1, -0.05) is 0 Å². The van der Waals surface area contributed by atoms with E-state index in [0.29, 0.717) is 32.2 Å². The summed E-state index contributed by atoms with van der Waals surface area (Å²) in [5.74, 6) is 1.17. The lowest BCUT2D eigenvalue weighted by Crippen LogP contribution is -2.37. The Balaban J connectivity index is 1.63. The Bertz CT molecular complexity index is 1250. The maximum atomic E-state index is 11.6. The molecule has 1 N–H and O–H groups in total. The Morgan fingerprint density at radius 2 is 2.20 bits per heavy atom. The molecule has 1 fully saturated rings. The smallest absolute Gasteiger partial charge is 0.222 e. The molecule has 0 radical (unpaired) electrons. The monoisotopic (exact) mass is 480 g/mol. The fourth-order valence-electron chi connectivity index (χ4n) is 4.88. The van der Waals surface area contributed by atoms with Crippen LogP contribution in [0.5, 0.6) is 5.75 Å². The van der Waals surface area contributed by atoms with Crippen LogP contribution in [-0.2, 0) is 38.1 Å². The second-order valence-corrected chi connectivity index (χ2v) is 9.33. The van der Waals surface area contributed by atoms with E-state index in [2.05, 4.69) is 10.3 Å². The van der Waals surface area contributed by atoms with Gasteiger partial charge in [-0.05, 0) is 13.0 Å². The van der Waals surface area contributed by atoms with Gasteiger partial charge in [0.25, 0.3) is 0 Å². The van der Waals surface area contributed by atoms with Crippen molar-refractivity contribution in [1.82, 2.24) is 14.5 Å². The van der Waals surface area contributed by atoms with Crippen LogP contribution < -0.4 is 10.1 Å². The normalized spacial score (nSPS) is 20.2. The van der Waals surface area contributed by atoms with Crippen molar-refractivity contribution in [2.45, 2.75) is 44.8 Å². The highest BCUT2D eigenvalue weighted by atomic mass is 16.6. The van der Waals surface area contributed by atoms with Crippen molar-refractivity contribution in [1.29, 1.82) is 0 Å². The topological polar surface area (TPSA) is 96.7 Å². The molecule has 1 unspecified atom stereocenters. The summed E-state index contributed by atoms with van der Waals surface area (Å²) in [6, 6.07) is 3.91. The molecule has 3 aromatic heterocycles. The summed E-state index contributed by atoms with van der Waals surface area (Å²) < 4.78 is 25.8. The minimum atomic E-state index is -0.547. The zero-order valence-corrected chi connectivity index (χ0v) is 20.7. The number of hydrogen-bond donors (Lipinski definition) is 1. The number of amides is 1. The first kappa shape index (κ1) is 23.7. The average Bonchev–Trinajstić information content (AvgIpc) is 3.44. The van der Waals surface area contributed by atoms with Gasteiger partial charge in [0, 0.05) is 75.7 Å². The number of ether oxygens (including phenoxy) is 4.